The molecule has 0 spiro atoms. The summed E-state index contributed by atoms with van der Waals surface area (Å²) >= 11 is 1.78. The van der Waals surface area contributed by atoms with Gasteiger partial charge in [-0.05, 0) is 62.2 Å². The number of hydrogen-bond acceptors (Lipinski definition) is 5. The van der Waals surface area contributed by atoms with Gasteiger partial charge in [0, 0.05) is 20.5 Å². The lowest BCUT2D eigenvalue weighted by Crippen LogP contribution is -2.08. The second-order valence-electron chi connectivity index (χ2n) is 6.75. The van der Waals surface area contributed by atoms with Crippen molar-refractivity contribution < 1.29 is 5.11 Å². The molecule has 2 aromatic carbocycles. The van der Waals surface area contributed by atoms with Crippen molar-refractivity contribution in [2.24, 2.45) is 0 Å². The van der Waals surface area contributed by atoms with Crippen molar-refractivity contribution >= 4 is 27.9 Å². The molecule has 2 aromatic heterocycles. The molecule has 0 aliphatic rings. The molecule has 0 amide bonds. The highest BCUT2D eigenvalue weighted by Gasteiger charge is 2.14. The van der Waals surface area contributed by atoms with Crippen LogP contribution >= 0.6 is 11.3 Å². The summed E-state index contributed by atoms with van der Waals surface area (Å²) in [5.74, 6) is 0.911. The molecule has 2 heterocycles. The summed E-state index contributed by atoms with van der Waals surface area (Å²) in [4.78, 5) is 2.48. The fraction of sp³-hybridized carbons (Fsp3) is 0.182. The topological polar surface area (TPSA) is 58.0 Å². The van der Waals surface area contributed by atoms with Crippen LogP contribution in [0.15, 0.2) is 54.6 Å². The summed E-state index contributed by atoms with van der Waals surface area (Å²) in [5, 5.41) is 23.8. The van der Waals surface area contributed by atoms with Crippen LogP contribution in [-0.4, -0.2) is 15.3 Å². The number of thiophene rings is 1. The van der Waals surface area contributed by atoms with Crippen LogP contribution in [0.2, 0.25) is 0 Å². The number of nitrogens with one attached hydrogen (secondary N) is 1. The average Bonchev–Trinajstić information content (AvgIpc) is 3.14. The first-order chi connectivity index (χ1) is 13.0. The molecule has 136 valence electrons. The first kappa shape index (κ1) is 17.5. The molecule has 0 aliphatic heterocycles. The second kappa shape index (κ2) is 7.00. The number of phenolic OH excluding ortho intramolecular Hbond substituents is 1. The Kier molecular flexibility index (Phi) is 4.54. The molecule has 1 atom stereocenters. The zero-order valence-corrected chi connectivity index (χ0v) is 16.3. The van der Waals surface area contributed by atoms with Gasteiger partial charge in [-0.1, -0.05) is 24.3 Å². The van der Waals surface area contributed by atoms with E-state index in [-0.39, 0.29) is 11.8 Å². The first-order valence-corrected chi connectivity index (χ1v) is 9.73. The standard InChI is InChI=1S/C22H21N3OS/c1-13-6-4-5-7-17(13)21-11-10-20(27-21)15(3)23-22-19-12-16(26)8-9-18(19)14(2)24-25-22/h4-12,15,26H,1-3H3,(H,23,25)/t15-/m1/s1. The fourth-order valence-corrected chi connectivity index (χ4v) is 4.34. The third kappa shape index (κ3) is 3.38. The number of anilines is 1. The van der Waals surface area contributed by atoms with Gasteiger partial charge in [0.15, 0.2) is 5.82 Å². The van der Waals surface area contributed by atoms with Crippen molar-refractivity contribution in [1.82, 2.24) is 10.2 Å². The van der Waals surface area contributed by atoms with Gasteiger partial charge >= 0.3 is 0 Å². The van der Waals surface area contributed by atoms with Gasteiger partial charge in [-0.3, -0.25) is 0 Å². The van der Waals surface area contributed by atoms with Crippen LogP contribution in [0, 0.1) is 13.8 Å². The summed E-state index contributed by atoms with van der Waals surface area (Å²) in [5.41, 5.74) is 3.39. The third-order valence-corrected chi connectivity index (χ3v) is 6.07. The van der Waals surface area contributed by atoms with Crippen LogP contribution in [0.5, 0.6) is 5.75 Å². The molecular formula is C22H21N3OS. The number of aromatic hydroxyl groups is 1. The molecule has 0 unspecified atom stereocenters. The van der Waals surface area contributed by atoms with E-state index in [0.29, 0.717) is 5.82 Å². The number of nitrogens with zero attached hydrogens (tertiary/aromatic N) is 2. The summed E-state index contributed by atoms with van der Waals surface area (Å²) in [6.07, 6.45) is 0. The van der Waals surface area contributed by atoms with Crippen LogP contribution in [0.25, 0.3) is 21.2 Å². The van der Waals surface area contributed by atoms with E-state index in [4.69, 9.17) is 0 Å². The maximum Gasteiger partial charge on any atom is 0.157 e. The van der Waals surface area contributed by atoms with Crippen molar-refractivity contribution in [3.05, 3.63) is 70.7 Å². The van der Waals surface area contributed by atoms with Crippen LogP contribution < -0.4 is 5.32 Å². The molecular weight excluding hydrogens is 354 g/mol. The molecule has 27 heavy (non-hydrogen) atoms. The van der Waals surface area contributed by atoms with E-state index in [2.05, 4.69) is 65.8 Å². The Bertz CT molecular complexity index is 1120. The molecule has 0 saturated heterocycles. The van der Waals surface area contributed by atoms with Crippen LogP contribution in [0.1, 0.15) is 29.1 Å². The summed E-state index contributed by atoms with van der Waals surface area (Å²) < 4.78 is 0. The van der Waals surface area contributed by atoms with Crippen LogP contribution in [0.3, 0.4) is 0 Å². The molecule has 0 radical (unpaired) electrons. The largest absolute Gasteiger partial charge is 0.508 e. The molecule has 0 bridgehead atoms. The highest BCUT2D eigenvalue weighted by atomic mass is 32.1. The number of aromatic nitrogens is 2. The lowest BCUT2D eigenvalue weighted by atomic mass is 10.1. The van der Waals surface area contributed by atoms with Crippen molar-refractivity contribution in [2.45, 2.75) is 26.8 Å². The van der Waals surface area contributed by atoms with Crippen molar-refractivity contribution in [3.63, 3.8) is 0 Å². The number of benzene rings is 2. The average molecular weight is 375 g/mol. The monoisotopic (exact) mass is 375 g/mol. The van der Waals surface area contributed by atoms with Crippen molar-refractivity contribution in [2.75, 3.05) is 5.32 Å². The zero-order valence-electron chi connectivity index (χ0n) is 15.5. The van der Waals surface area contributed by atoms with Gasteiger partial charge in [-0.2, -0.15) is 5.10 Å². The molecule has 0 aliphatic carbocycles. The lowest BCUT2D eigenvalue weighted by Gasteiger charge is -2.15. The SMILES string of the molecule is Cc1ccccc1-c1ccc([C@@H](C)Nc2nnc(C)c3ccc(O)cc23)s1. The maximum atomic E-state index is 9.88. The highest BCUT2D eigenvalue weighted by Crippen LogP contribution is 2.35. The van der Waals surface area contributed by atoms with Gasteiger partial charge in [-0.15, -0.1) is 16.4 Å². The van der Waals surface area contributed by atoms with E-state index in [1.165, 1.54) is 20.9 Å². The minimum atomic E-state index is 0.0790. The fourth-order valence-electron chi connectivity index (χ4n) is 3.24. The molecule has 5 heteroatoms. The minimum Gasteiger partial charge on any atom is -0.508 e. The Labute approximate surface area is 162 Å². The van der Waals surface area contributed by atoms with E-state index in [1.54, 1.807) is 23.5 Å². The Morgan fingerprint density at radius 3 is 2.59 bits per heavy atom. The normalized spacial score (nSPS) is 12.3. The molecule has 0 saturated carbocycles. The van der Waals surface area contributed by atoms with Gasteiger partial charge in [0.05, 0.1) is 11.7 Å². The molecule has 4 aromatic rings. The summed E-state index contributed by atoms with van der Waals surface area (Å²) in [6.45, 7) is 6.17. The van der Waals surface area contributed by atoms with Gasteiger partial charge in [-0.25, -0.2) is 0 Å². The number of rotatable bonds is 4. The molecule has 4 nitrogen and oxygen atoms in total. The number of hydrogen-bond donors (Lipinski definition) is 2. The van der Waals surface area contributed by atoms with E-state index >= 15 is 0 Å². The predicted molar refractivity (Wildman–Crippen MR) is 112 cm³/mol. The molecule has 4 rings (SSSR count). The van der Waals surface area contributed by atoms with E-state index in [1.807, 2.05) is 13.0 Å². The highest BCUT2D eigenvalue weighted by molar-refractivity contribution is 7.15. The predicted octanol–water partition coefficient (Wildman–Crippen LogP) is 5.85. The van der Waals surface area contributed by atoms with E-state index in [0.717, 1.165) is 16.5 Å². The van der Waals surface area contributed by atoms with Gasteiger partial charge < -0.3 is 10.4 Å². The van der Waals surface area contributed by atoms with E-state index < -0.39 is 0 Å². The Hall–Kier alpha value is -2.92. The van der Waals surface area contributed by atoms with E-state index in [9.17, 15) is 5.11 Å². The number of aryl methyl sites for hydroxylation is 2. The molecule has 2 N–H and O–H groups in total. The smallest absolute Gasteiger partial charge is 0.157 e. The van der Waals surface area contributed by atoms with Crippen molar-refractivity contribution in [1.29, 1.82) is 0 Å². The second-order valence-corrected chi connectivity index (χ2v) is 7.86. The van der Waals surface area contributed by atoms with Crippen molar-refractivity contribution in [3.8, 4) is 16.2 Å². The minimum absolute atomic E-state index is 0.0790. The first-order valence-electron chi connectivity index (χ1n) is 8.91. The maximum absolute atomic E-state index is 9.88. The Morgan fingerprint density at radius 2 is 1.78 bits per heavy atom. The van der Waals surface area contributed by atoms with Gasteiger partial charge in [0.25, 0.3) is 0 Å². The van der Waals surface area contributed by atoms with Crippen LogP contribution in [0.4, 0.5) is 5.82 Å². The third-order valence-electron chi connectivity index (χ3n) is 4.77. The Balaban J connectivity index is 1.65. The van der Waals surface area contributed by atoms with Gasteiger partial charge in [0.2, 0.25) is 0 Å². The zero-order chi connectivity index (χ0) is 19.0. The summed E-state index contributed by atoms with van der Waals surface area (Å²) in [6, 6.07) is 18.1. The van der Waals surface area contributed by atoms with Crippen LogP contribution in [-0.2, 0) is 0 Å². The summed E-state index contributed by atoms with van der Waals surface area (Å²) in [7, 11) is 0. The molecule has 0 fully saturated rings. The number of phenols is 1. The van der Waals surface area contributed by atoms with Gasteiger partial charge in [0.1, 0.15) is 5.75 Å². The lowest BCUT2D eigenvalue weighted by molar-refractivity contribution is 0.476. The Morgan fingerprint density at radius 1 is 0.963 bits per heavy atom. The number of fused-ring (bicyclic) bond motifs is 1. The quantitative estimate of drug-likeness (QED) is 0.469.